The first kappa shape index (κ1) is 11.3. The van der Waals surface area contributed by atoms with E-state index in [0.29, 0.717) is 10.6 Å². The van der Waals surface area contributed by atoms with E-state index in [1.807, 2.05) is 0 Å². The van der Waals surface area contributed by atoms with Crippen LogP contribution in [-0.2, 0) is 0 Å². The summed E-state index contributed by atoms with van der Waals surface area (Å²) in [6.45, 7) is 0. The Hall–Kier alpha value is -1.24. The Morgan fingerprint density at radius 3 is 2.88 bits per heavy atom. The number of rotatable bonds is 2. The zero-order valence-electron chi connectivity index (χ0n) is 8.78. The van der Waals surface area contributed by atoms with Gasteiger partial charge in [0.05, 0.1) is 34.5 Å². The van der Waals surface area contributed by atoms with Gasteiger partial charge in [-0.3, -0.25) is 0 Å². The van der Waals surface area contributed by atoms with Crippen LogP contribution in [0.3, 0.4) is 0 Å². The molecule has 4 heteroatoms. The molecule has 1 saturated carbocycles. The van der Waals surface area contributed by atoms with Crippen molar-refractivity contribution < 1.29 is 5.11 Å². The quantitative estimate of drug-likeness (QED) is 0.830. The molecule has 1 aliphatic carbocycles. The Bertz CT molecular complexity index is 428. The summed E-state index contributed by atoms with van der Waals surface area (Å²) < 4.78 is 0. The normalized spacial score (nSPS) is 24.1. The van der Waals surface area contributed by atoms with Crippen molar-refractivity contribution in [2.24, 2.45) is 0 Å². The van der Waals surface area contributed by atoms with E-state index in [1.54, 1.807) is 18.2 Å². The molecule has 0 aliphatic heterocycles. The molecule has 1 aromatic carbocycles. The van der Waals surface area contributed by atoms with Crippen molar-refractivity contribution in [1.82, 2.24) is 0 Å². The third-order valence-electron chi connectivity index (χ3n) is 2.92. The molecule has 1 aromatic rings. The third-order valence-corrected chi connectivity index (χ3v) is 3.25. The first-order valence-electron chi connectivity index (χ1n) is 5.35. The van der Waals surface area contributed by atoms with Gasteiger partial charge in [-0.2, -0.15) is 5.26 Å². The molecule has 1 aliphatic rings. The molecule has 0 unspecified atom stereocenters. The van der Waals surface area contributed by atoms with Crippen LogP contribution in [0, 0.1) is 11.3 Å². The fourth-order valence-corrected chi connectivity index (χ4v) is 2.19. The number of nitrogens with one attached hydrogen (secondary N) is 1. The summed E-state index contributed by atoms with van der Waals surface area (Å²) in [4.78, 5) is 0. The minimum atomic E-state index is -0.318. The molecule has 84 valence electrons. The lowest BCUT2D eigenvalue weighted by Crippen LogP contribution is -2.28. The Labute approximate surface area is 99.7 Å². The number of nitrogens with zero attached hydrogens (tertiary/aromatic N) is 1. The fraction of sp³-hybridized carbons (Fsp3) is 0.417. The zero-order chi connectivity index (χ0) is 11.5. The van der Waals surface area contributed by atoms with Gasteiger partial charge in [0.2, 0.25) is 0 Å². The van der Waals surface area contributed by atoms with Crippen LogP contribution in [0.4, 0.5) is 5.69 Å². The predicted octanol–water partition coefficient (Wildman–Crippen LogP) is 2.54. The minimum Gasteiger partial charge on any atom is -0.391 e. The Balaban J connectivity index is 2.17. The van der Waals surface area contributed by atoms with Crippen molar-refractivity contribution in [1.29, 1.82) is 5.26 Å². The highest BCUT2D eigenvalue weighted by Gasteiger charge is 2.25. The number of nitriles is 1. The second kappa shape index (κ2) is 4.73. The Morgan fingerprint density at radius 2 is 2.25 bits per heavy atom. The van der Waals surface area contributed by atoms with Gasteiger partial charge in [-0.25, -0.2) is 0 Å². The number of hydrogen-bond donors (Lipinski definition) is 2. The van der Waals surface area contributed by atoms with Crippen molar-refractivity contribution >= 4 is 17.3 Å². The lowest BCUT2D eigenvalue weighted by molar-refractivity contribution is 0.172. The van der Waals surface area contributed by atoms with Crippen molar-refractivity contribution in [2.45, 2.75) is 31.4 Å². The molecule has 0 radical (unpaired) electrons. The van der Waals surface area contributed by atoms with E-state index in [9.17, 15) is 5.11 Å². The molecule has 0 aromatic heterocycles. The molecule has 16 heavy (non-hydrogen) atoms. The molecule has 0 bridgehead atoms. The minimum absolute atomic E-state index is 0.0476. The van der Waals surface area contributed by atoms with E-state index in [4.69, 9.17) is 16.9 Å². The summed E-state index contributed by atoms with van der Waals surface area (Å²) in [6.07, 6.45) is 2.47. The lowest BCUT2D eigenvalue weighted by Gasteiger charge is -2.18. The van der Waals surface area contributed by atoms with Crippen molar-refractivity contribution in [3.8, 4) is 6.07 Å². The second-order valence-corrected chi connectivity index (χ2v) is 4.46. The van der Waals surface area contributed by atoms with E-state index in [1.165, 1.54) is 0 Å². The van der Waals surface area contributed by atoms with Gasteiger partial charge in [0.25, 0.3) is 0 Å². The molecule has 3 nitrogen and oxygen atoms in total. The van der Waals surface area contributed by atoms with Gasteiger partial charge >= 0.3 is 0 Å². The van der Waals surface area contributed by atoms with Gasteiger partial charge in [-0.15, -0.1) is 0 Å². The summed E-state index contributed by atoms with van der Waals surface area (Å²) in [5.74, 6) is 0. The number of aliphatic hydroxyl groups excluding tert-OH is 1. The van der Waals surface area contributed by atoms with Crippen LogP contribution in [0.15, 0.2) is 18.2 Å². The molecule has 0 saturated heterocycles. The molecular formula is C12H13ClN2O. The largest absolute Gasteiger partial charge is 0.391 e. The number of hydrogen-bond acceptors (Lipinski definition) is 3. The fourth-order valence-electron chi connectivity index (χ4n) is 2.01. The zero-order valence-corrected chi connectivity index (χ0v) is 9.54. The monoisotopic (exact) mass is 236 g/mol. The topological polar surface area (TPSA) is 56.0 Å². The summed E-state index contributed by atoms with van der Waals surface area (Å²) >= 11 is 6.03. The van der Waals surface area contributed by atoms with E-state index in [-0.39, 0.29) is 12.1 Å². The first-order valence-corrected chi connectivity index (χ1v) is 5.73. The summed E-state index contributed by atoms with van der Waals surface area (Å²) in [6, 6.07) is 7.21. The van der Waals surface area contributed by atoms with Crippen LogP contribution in [0.5, 0.6) is 0 Å². The van der Waals surface area contributed by atoms with E-state index in [0.717, 1.165) is 24.9 Å². The van der Waals surface area contributed by atoms with Crippen molar-refractivity contribution in [3.05, 3.63) is 28.8 Å². The van der Waals surface area contributed by atoms with Gasteiger partial charge in [0.15, 0.2) is 0 Å². The highest BCUT2D eigenvalue weighted by molar-refractivity contribution is 6.33. The van der Waals surface area contributed by atoms with Crippen LogP contribution < -0.4 is 5.32 Å². The van der Waals surface area contributed by atoms with Crippen LogP contribution in [-0.4, -0.2) is 17.3 Å². The van der Waals surface area contributed by atoms with Gasteiger partial charge in [0.1, 0.15) is 0 Å². The number of anilines is 1. The van der Waals surface area contributed by atoms with Gasteiger partial charge in [-0.1, -0.05) is 11.6 Å². The van der Waals surface area contributed by atoms with E-state index >= 15 is 0 Å². The summed E-state index contributed by atoms with van der Waals surface area (Å²) in [7, 11) is 0. The van der Waals surface area contributed by atoms with E-state index in [2.05, 4.69) is 11.4 Å². The predicted molar refractivity (Wildman–Crippen MR) is 63.4 cm³/mol. The van der Waals surface area contributed by atoms with Gasteiger partial charge in [-0.05, 0) is 37.5 Å². The molecule has 0 amide bonds. The lowest BCUT2D eigenvalue weighted by atomic mass is 10.1. The Morgan fingerprint density at radius 1 is 1.44 bits per heavy atom. The maximum absolute atomic E-state index is 9.70. The third kappa shape index (κ3) is 2.29. The number of aliphatic hydroxyl groups is 1. The average Bonchev–Trinajstić information content (AvgIpc) is 2.68. The molecule has 2 atom stereocenters. The number of benzene rings is 1. The van der Waals surface area contributed by atoms with Crippen LogP contribution >= 0.6 is 11.6 Å². The van der Waals surface area contributed by atoms with Crippen LogP contribution in [0.25, 0.3) is 0 Å². The van der Waals surface area contributed by atoms with Crippen LogP contribution in [0.2, 0.25) is 5.02 Å². The molecule has 0 heterocycles. The maximum Gasteiger partial charge on any atom is 0.0992 e. The first-order chi connectivity index (χ1) is 7.70. The number of halogens is 1. The summed E-state index contributed by atoms with van der Waals surface area (Å²) in [5, 5.41) is 22.3. The van der Waals surface area contributed by atoms with Crippen LogP contribution in [0.1, 0.15) is 24.8 Å². The summed E-state index contributed by atoms with van der Waals surface area (Å²) in [5.41, 5.74) is 1.30. The molecular weight excluding hydrogens is 224 g/mol. The standard InChI is InChI=1S/C12H13ClN2O/c13-9-5-4-8(7-14)6-11(9)15-10-2-1-3-12(10)16/h4-6,10,12,15-16H,1-3H2/t10-,12-/m0/s1. The average molecular weight is 237 g/mol. The molecule has 2 N–H and O–H groups in total. The van der Waals surface area contributed by atoms with Crippen molar-refractivity contribution in [2.75, 3.05) is 5.32 Å². The van der Waals surface area contributed by atoms with E-state index < -0.39 is 0 Å². The highest BCUT2D eigenvalue weighted by Crippen LogP contribution is 2.28. The SMILES string of the molecule is N#Cc1ccc(Cl)c(N[C@H]2CCC[C@@H]2O)c1. The van der Waals surface area contributed by atoms with Gasteiger partial charge < -0.3 is 10.4 Å². The maximum atomic E-state index is 9.70. The smallest absolute Gasteiger partial charge is 0.0992 e. The second-order valence-electron chi connectivity index (χ2n) is 4.06. The molecule has 2 rings (SSSR count). The van der Waals surface area contributed by atoms with Crippen molar-refractivity contribution in [3.63, 3.8) is 0 Å². The van der Waals surface area contributed by atoms with Gasteiger partial charge in [0, 0.05) is 0 Å². The molecule has 0 spiro atoms. The Kier molecular flexibility index (Phi) is 3.33. The molecule has 1 fully saturated rings. The highest BCUT2D eigenvalue weighted by atomic mass is 35.5.